The number of alkyl halides is 3. The van der Waals surface area contributed by atoms with E-state index in [0.29, 0.717) is 34.8 Å². The van der Waals surface area contributed by atoms with Gasteiger partial charge in [0, 0.05) is 59.7 Å². The zero-order chi connectivity index (χ0) is 31.3. The molecule has 0 spiro atoms. The largest absolute Gasteiger partial charge is 0.497 e. The van der Waals surface area contributed by atoms with Crippen LogP contribution in [0.5, 0.6) is 17.2 Å². The Bertz CT molecular complexity index is 1660. The Morgan fingerprint density at radius 3 is 2.57 bits per heavy atom. The molecule has 1 unspecified atom stereocenters. The molecule has 1 aliphatic heterocycles. The molecule has 2 atom stereocenters. The molecule has 1 aliphatic rings. The fraction of sp³-hybridized carbons (Fsp3) is 0.333. The summed E-state index contributed by atoms with van der Waals surface area (Å²) in [6.07, 6.45) is -3.59. The van der Waals surface area contributed by atoms with Crippen molar-refractivity contribution < 1.29 is 35.8 Å². The average Bonchev–Trinajstić information content (AvgIpc) is 3.56. The van der Waals surface area contributed by atoms with Crippen LogP contribution in [0.25, 0.3) is 0 Å². The topological polar surface area (TPSA) is 103 Å². The highest BCUT2D eigenvalue weighted by molar-refractivity contribution is 7.93. The van der Waals surface area contributed by atoms with Crippen molar-refractivity contribution in [3.8, 4) is 17.2 Å². The lowest BCUT2D eigenvalue weighted by molar-refractivity contribution is -0.136. The Morgan fingerprint density at radius 1 is 1.09 bits per heavy atom. The second-order valence-corrected chi connectivity index (χ2v) is 12.7. The Kier molecular flexibility index (Phi) is 9.61. The molecule has 0 fully saturated rings. The highest BCUT2D eigenvalue weighted by Gasteiger charge is 2.33. The van der Waals surface area contributed by atoms with Crippen LogP contribution in [-0.2, 0) is 16.6 Å². The molecule has 4 aromatic rings. The van der Waals surface area contributed by atoms with E-state index in [1.165, 1.54) is 32.7 Å². The lowest BCUT2D eigenvalue weighted by Crippen LogP contribution is -2.32. The van der Waals surface area contributed by atoms with Gasteiger partial charge in [-0.3, -0.25) is 0 Å². The standard InChI is InChI=1S/C30H31F3N4O5S2/c1-40-22-9-8-21(27(16-22)41-2)18-37(29-34-19-35-43-29)44(38,39)23-10-11-24-26(13-15-42-28(24)17-23)36-25(12-14-30(31,32)33)20-6-4-3-5-7-20/h3-11,16-17,19,25-26,36H,12-15,18H2,1-2H3/t25?,26-/m0/s1. The normalized spacial score (nSPS) is 15.6. The number of fused-ring (bicyclic) bond motifs is 1. The maximum Gasteiger partial charge on any atom is 0.389 e. The number of methoxy groups -OCH3 is 2. The van der Waals surface area contributed by atoms with E-state index in [1.54, 1.807) is 48.5 Å². The highest BCUT2D eigenvalue weighted by atomic mass is 32.2. The van der Waals surface area contributed by atoms with Crippen LogP contribution in [0.4, 0.5) is 18.3 Å². The van der Waals surface area contributed by atoms with Gasteiger partial charge in [-0.2, -0.15) is 17.5 Å². The predicted octanol–water partition coefficient (Wildman–Crippen LogP) is 6.45. The van der Waals surface area contributed by atoms with Gasteiger partial charge in [0.15, 0.2) is 0 Å². The van der Waals surface area contributed by atoms with Gasteiger partial charge in [0.1, 0.15) is 23.6 Å². The average molecular weight is 649 g/mol. The lowest BCUT2D eigenvalue weighted by atomic mass is 9.96. The Balaban J connectivity index is 1.44. The summed E-state index contributed by atoms with van der Waals surface area (Å²) in [7, 11) is -1.17. The Morgan fingerprint density at radius 2 is 1.89 bits per heavy atom. The van der Waals surface area contributed by atoms with E-state index in [9.17, 15) is 21.6 Å². The second-order valence-electron chi connectivity index (χ2n) is 10.1. The molecule has 3 aromatic carbocycles. The van der Waals surface area contributed by atoms with Crippen LogP contribution in [0.2, 0.25) is 0 Å². The van der Waals surface area contributed by atoms with E-state index in [0.717, 1.165) is 21.4 Å². The summed E-state index contributed by atoms with van der Waals surface area (Å²) in [6.45, 7) is 0.170. The fourth-order valence-electron chi connectivity index (χ4n) is 5.08. The zero-order valence-electron chi connectivity index (χ0n) is 24.0. The number of halogens is 3. The minimum Gasteiger partial charge on any atom is -0.497 e. The van der Waals surface area contributed by atoms with Gasteiger partial charge in [-0.25, -0.2) is 17.7 Å². The van der Waals surface area contributed by atoms with Crippen LogP contribution < -0.4 is 23.8 Å². The minimum absolute atomic E-state index is 0.0312. The molecule has 44 heavy (non-hydrogen) atoms. The van der Waals surface area contributed by atoms with Crippen LogP contribution in [0.15, 0.2) is 78.0 Å². The molecule has 0 aliphatic carbocycles. The summed E-state index contributed by atoms with van der Waals surface area (Å²) in [6, 6.07) is 17.7. The molecular formula is C30H31F3N4O5S2. The molecular weight excluding hydrogens is 617 g/mol. The van der Waals surface area contributed by atoms with E-state index in [1.807, 2.05) is 6.07 Å². The van der Waals surface area contributed by atoms with E-state index >= 15 is 0 Å². The summed E-state index contributed by atoms with van der Waals surface area (Å²) >= 11 is 0.932. The predicted molar refractivity (Wildman–Crippen MR) is 160 cm³/mol. The van der Waals surface area contributed by atoms with Crippen molar-refractivity contribution in [3.63, 3.8) is 0 Å². The molecule has 234 valence electrons. The third kappa shape index (κ3) is 7.25. The number of nitrogens with zero attached hydrogens (tertiary/aromatic N) is 3. The number of anilines is 1. The molecule has 14 heteroatoms. The van der Waals surface area contributed by atoms with Crippen LogP contribution in [-0.4, -0.2) is 44.8 Å². The number of aromatic nitrogens is 2. The van der Waals surface area contributed by atoms with Crippen LogP contribution in [0, 0.1) is 0 Å². The number of rotatable bonds is 12. The highest BCUT2D eigenvalue weighted by Crippen LogP contribution is 2.39. The number of sulfonamides is 1. The van der Waals surface area contributed by atoms with Crippen LogP contribution in [0.1, 0.15) is 48.0 Å². The van der Waals surface area contributed by atoms with Crippen LogP contribution >= 0.6 is 11.5 Å². The van der Waals surface area contributed by atoms with Gasteiger partial charge in [-0.15, -0.1) is 0 Å². The number of hydrogen-bond acceptors (Lipinski definition) is 9. The molecule has 5 rings (SSSR count). The minimum atomic E-state index is -4.29. The second kappa shape index (κ2) is 13.4. The van der Waals surface area contributed by atoms with Crippen molar-refractivity contribution in [1.29, 1.82) is 0 Å². The monoisotopic (exact) mass is 648 g/mol. The van der Waals surface area contributed by atoms with Gasteiger partial charge < -0.3 is 19.5 Å². The van der Waals surface area contributed by atoms with Crippen molar-refractivity contribution in [2.75, 3.05) is 25.1 Å². The van der Waals surface area contributed by atoms with Crippen LogP contribution in [0.3, 0.4) is 0 Å². The fourth-order valence-corrected chi connectivity index (χ4v) is 7.23. The zero-order valence-corrected chi connectivity index (χ0v) is 25.6. The number of hydrogen-bond donors (Lipinski definition) is 1. The summed E-state index contributed by atoms with van der Waals surface area (Å²) in [5, 5.41) is 3.54. The van der Waals surface area contributed by atoms with E-state index in [-0.39, 0.29) is 35.6 Å². The Hall–Kier alpha value is -3.88. The first kappa shape index (κ1) is 31.5. The lowest BCUT2D eigenvalue weighted by Gasteiger charge is -2.32. The first-order valence-corrected chi connectivity index (χ1v) is 15.9. The molecule has 0 radical (unpaired) electrons. The van der Waals surface area contributed by atoms with Gasteiger partial charge in [0.25, 0.3) is 10.0 Å². The number of nitrogens with one attached hydrogen (secondary N) is 1. The quantitative estimate of drug-likeness (QED) is 0.187. The molecule has 0 saturated heterocycles. The van der Waals surface area contributed by atoms with Crippen molar-refractivity contribution in [2.45, 2.75) is 49.0 Å². The van der Waals surface area contributed by atoms with Gasteiger partial charge in [0.05, 0.1) is 32.3 Å². The Labute approximate surface area is 257 Å². The molecule has 9 nitrogen and oxygen atoms in total. The summed E-state index contributed by atoms with van der Waals surface area (Å²) in [5.74, 6) is 1.34. The maximum absolute atomic E-state index is 14.1. The van der Waals surface area contributed by atoms with Gasteiger partial charge in [-0.1, -0.05) is 36.4 Å². The smallest absolute Gasteiger partial charge is 0.389 e. The summed E-state index contributed by atoms with van der Waals surface area (Å²) < 4.78 is 89.4. The SMILES string of the molecule is COc1ccc(CN(c2ncns2)S(=O)(=O)c2ccc3c(c2)OCC[C@@H]3NC(CCC(F)(F)F)c2ccccc2)c(OC)c1. The molecule has 1 N–H and O–H groups in total. The molecule has 0 bridgehead atoms. The van der Waals surface area contributed by atoms with Crippen molar-refractivity contribution in [1.82, 2.24) is 14.7 Å². The number of benzene rings is 3. The molecule has 2 heterocycles. The van der Waals surface area contributed by atoms with Crippen molar-refractivity contribution >= 4 is 26.7 Å². The van der Waals surface area contributed by atoms with Gasteiger partial charge >= 0.3 is 6.18 Å². The molecule has 1 aromatic heterocycles. The maximum atomic E-state index is 14.1. The van der Waals surface area contributed by atoms with Crippen molar-refractivity contribution in [3.05, 3.63) is 89.7 Å². The first-order valence-electron chi connectivity index (χ1n) is 13.7. The van der Waals surface area contributed by atoms with E-state index < -0.39 is 28.7 Å². The molecule has 0 amide bonds. The third-order valence-corrected chi connectivity index (χ3v) is 9.84. The molecule has 0 saturated carbocycles. The number of ether oxygens (including phenoxy) is 3. The first-order chi connectivity index (χ1) is 21.1. The van der Waals surface area contributed by atoms with Gasteiger partial charge in [-0.05, 0) is 30.2 Å². The van der Waals surface area contributed by atoms with E-state index in [4.69, 9.17) is 14.2 Å². The van der Waals surface area contributed by atoms with Gasteiger partial charge in [0.2, 0.25) is 5.13 Å². The third-order valence-electron chi connectivity index (χ3n) is 7.30. The summed E-state index contributed by atoms with van der Waals surface area (Å²) in [4.78, 5) is 4.13. The van der Waals surface area contributed by atoms with E-state index in [2.05, 4.69) is 14.7 Å². The van der Waals surface area contributed by atoms with Crippen molar-refractivity contribution in [2.24, 2.45) is 0 Å². The summed E-state index contributed by atoms with van der Waals surface area (Å²) in [5.41, 5.74) is 1.99.